The minimum absolute atomic E-state index is 0.160. The van der Waals surface area contributed by atoms with Crippen molar-refractivity contribution in [3.8, 4) is 0 Å². The van der Waals surface area contributed by atoms with Gasteiger partial charge in [0.05, 0.1) is 0 Å². The summed E-state index contributed by atoms with van der Waals surface area (Å²) in [7, 11) is 0. The van der Waals surface area contributed by atoms with E-state index in [2.05, 4.69) is 5.32 Å². The predicted molar refractivity (Wildman–Crippen MR) is 53.3 cm³/mol. The van der Waals surface area contributed by atoms with E-state index in [1.54, 1.807) is 0 Å². The molecule has 0 aromatic heterocycles. The van der Waals surface area contributed by atoms with E-state index < -0.39 is 0 Å². The van der Waals surface area contributed by atoms with Gasteiger partial charge in [-0.05, 0) is 51.1 Å². The molecule has 0 spiro atoms. The van der Waals surface area contributed by atoms with Crippen molar-refractivity contribution in [1.82, 2.24) is 5.32 Å². The Morgan fingerprint density at radius 2 is 2.23 bits per heavy atom. The van der Waals surface area contributed by atoms with Crippen LogP contribution in [-0.2, 0) is 4.79 Å². The lowest BCUT2D eigenvalue weighted by Crippen LogP contribution is -2.14. The third kappa shape index (κ3) is 4.88. The van der Waals surface area contributed by atoms with Crippen LogP contribution in [0.5, 0.6) is 0 Å². The molecule has 1 amide bonds. The van der Waals surface area contributed by atoms with Gasteiger partial charge in [0.2, 0.25) is 5.91 Å². The van der Waals surface area contributed by atoms with Crippen LogP contribution < -0.4 is 11.1 Å². The molecule has 0 aliphatic carbocycles. The highest BCUT2D eigenvalue weighted by Crippen LogP contribution is 2.19. The van der Waals surface area contributed by atoms with Gasteiger partial charge in [-0.2, -0.15) is 0 Å². The molecule has 1 rings (SSSR count). The van der Waals surface area contributed by atoms with E-state index in [1.807, 2.05) is 0 Å². The Morgan fingerprint density at radius 3 is 3.00 bits per heavy atom. The van der Waals surface area contributed by atoms with Gasteiger partial charge in [0.1, 0.15) is 0 Å². The maximum absolute atomic E-state index is 10.5. The first-order valence-corrected chi connectivity index (χ1v) is 5.28. The fourth-order valence-electron chi connectivity index (χ4n) is 1.94. The molecule has 3 heteroatoms. The molecule has 1 heterocycles. The van der Waals surface area contributed by atoms with Crippen LogP contribution in [0.3, 0.4) is 0 Å². The number of nitrogens with one attached hydrogen (secondary N) is 1. The molecule has 0 aromatic carbocycles. The van der Waals surface area contributed by atoms with Gasteiger partial charge in [0, 0.05) is 6.42 Å². The summed E-state index contributed by atoms with van der Waals surface area (Å²) in [5, 5.41) is 3.38. The van der Waals surface area contributed by atoms with Crippen LogP contribution in [0.1, 0.15) is 38.5 Å². The van der Waals surface area contributed by atoms with E-state index >= 15 is 0 Å². The molecule has 3 nitrogen and oxygen atoms in total. The van der Waals surface area contributed by atoms with Crippen molar-refractivity contribution in [2.24, 2.45) is 11.7 Å². The Labute approximate surface area is 80.1 Å². The number of hydrogen-bond donors (Lipinski definition) is 2. The smallest absolute Gasteiger partial charge is 0.217 e. The molecular formula is C10H20N2O. The standard InChI is InChI=1S/C10H20N2O/c11-10(13)5-1-3-9-4-2-7-12-8-6-9/h9,12H,1-8H2,(H2,11,13). The van der Waals surface area contributed by atoms with E-state index in [-0.39, 0.29) is 5.91 Å². The van der Waals surface area contributed by atoms with Crippen molar-refractivity contribution in [3.05, 3.63) is 0 Å². The van der Waals surface area contributed by atoms with Gasteiger partial charge in [0.15, 0.2) is 0 Å². The lowest BCUT2D eigenvalue weighted by Gasteiger charge is -2.11. The maximum Gasteiger partial charge on any atom is 0.217 e. The Hall–Kier alpha value is -0.570. The van der Waals surface area contributed by atoms with Crippen LogP contribution >= 0.6 is 0 Å². The zero-order valence-electron chi connectivity index (χ0n) is 8.22. The van der Waals surface area contributed by atoms with Gasteiger partial charge in [-0.15, -0.1) is 0 Å². The second-order valence-corrected chi connectivity index (χ2v) is 3.91. The Kier molecular flexibility index (Phi) is 4.83. The summed E-state index contributed by atoms with van der Waals surface area (Å²) >= 11 is 0. The largest absolute Gasteiger partial charge is 0.370 e. The zero-order chi connectivity index (χ0) is 9.52. The molecule has 1 aliphatic heterocycles. The molecule has 76 valence electrons. The lowest BCUT2D eigenvalue weighted by atomic mass is 9.94. The van der Waals surface area contributed by atoms with Crippen molar-refractivity contribution in [1.29, 1.82) is 0 Å². The van der Waals surface area contributed by atoms with Crippen LogP contribution in [0.15, 0.2) is 0 Å². The fraction of sp³-hybridized carbons (Fsp3) is 0.900. The fourth-order valence-corrected chi connectivity index (χ4v) is 1.94. The Morgan fingerprint density at radius 1 is 1.38 bits per heavy atom. The predicted octanol–water partition coefficient (Wildman–Crippen LogP) is 1.03. The molecule has 13 heavy (non-hydrogen) atoms. The van der Waals surface area contributed by atoms with Crippen molar-refractivity contribution in [2.45, 2.75) is 38.5 Å². The summed E-state index contributed by atoms with van der Waals surface area (Å²) in [6, 6.07) is 0. The summed E-state index contributed by atoms with van der Waals surface area (Å²) in [5.41, 5.74) is 5.09. The third-order valence-corrected chi connectivity index (χ3v) is 2.73. The Bertz CT molecular complexity index is 151. The first-order valence-electron chi connectivity index (χ1n) is 5.28. The number of carbonyl (C=O) groups is 1. The van der Waals surface area contributed by atoms with Crippen LogP contribution in [-0.4, -0.2) is 19.0 Å². The van der Waals surface area contributed by atoms with E-state index in [9.17, 15) is 4.79 Å². The average Bonchev–Trinajstić information content (AvgIpc) is 2.32. The highest BCUT2D eigenvalue weighted by Gasteiger charge is 2.11. The summed E-state index contributed by atoms with van der Waals surface area (Å²) in [4.78, 5) is 10.5. The van der Waals surface area contributed by atoms with Crippen LogP contribution in [0.4, 0.5) is 0 Å². The second kappa shape index (κ2) is 5.97. The molecule has 0 aromatic rings. The van der Waals surface area contributed by atoms with Crippen molar-refractivity contribution in [2.75, 3.05) is 13.1 Å². The molecule has 1 atom stereocenters. The molecule has 0 bridgehead atoms. The van der Waals surface area contributed by atoms with Crippen LogP contribution in [0.25, 0.3) is 0 Å². The van der Waals surface area contributed by atoms with Crippen LogP contribution in [0, 0.1) is 5.92 Å². The molecule has 1 fully saturated rings. The van der Waals surface area contributed by atoms with Gasteiger partial charge in [-0.3, -0.25) is 4.79 Å². The van der Waals surface area contributed by atoms with Crippen molar-refractivity contribution < 1.29 is 4.79 Å². The number of carbonyl (C=O) groups excluding carboxylic acids is 1. The monoisotopic (exact) mass is 184 g/mol. The molecule has 0 radical (unpaired) electrons. The number of primary amides is 1. The second-order valence-electron chi connectivity index (χ2n) is 3.91. The van der Waals surface area contributed by atoms with E-state index in [1.165, 1.54) is 25.7 Å². The maximum atomic E-state index is 10.5. The van der Waals surface area contributed by atoms with Gasteiger partial charge >= 0.3 is 0 Å². The average molecular weight is 184 g/mol. The molecule has 0 saturated carbocycles. The SMILES string of the molecule is NC(=O)CCCC1CCCNCC1. The van der Waals surface area contributed by atoms with Gasteiger partial charge < -0.3 is 11.1 Å². The third-order valence-electron chi connectivity index (χ3n) is 2.73. The normalized spacial score (nSPS) is 23.8. The topological polar surface area (TPSA) is 55.1 Å². The van der Waals surface area contributed by atoms with E-state index in [0.717, 1.165) is 25.4 Å². The van der Waals surface area contributed by atoms with E-state index in [4.69, 9.17) is 5.73 Å². The van der Waals surface area contributed by atoms with Crippen molar-refractivity contribution >= 4 is 5.91 Å². The minimum atomic E-state index is -0.160. The first kappa shape index (κ1) is 10.5. The molecule has 1 aliphatic rings. The highest BCUT2D eigenvalue weighted by atomic mass is 16.1. The first-order chi connectivity index (χ1) is 6.29. The zero-order valence-corrected chi connectivity index (χ0v) is 8.22. The molecule has 1 unspecified atom stereocenters. The highest BCUT2D eigenvalue weighted by molar-refractivity contribution is 5.73. The number of amides is 1. The van der Waals surface area contributed by atoms with Crippen molar-refractivity contribution in [3.63, 3.8) is 0 Å². The van der Waals surface area contributed by atoms with E-state index in [0.29, 0.717) is 6.42 Å². The molecule has 1 saturated heterocycles. The van der Waals surface area contributed by atoms with Gasteiger partial charge in [-0.25, -0.2) is 0 Å². The molecule has 3 N–H and O–H groups in total. The molecular weight excluding hydrogens is 164 g/mol. The number of rotatable bonds is 4. The summed E-state index contributed by atoms with van der Waals surface area (Å²) in [5.74, 6) is 0.654. The summed E-state index contributed by atoms with van der Waals surface area (Å²) in [6.07, 6.45) is 6.56. The quantitative estimate of drug-likeness (QED) is 0.685. The number of nitrogens with two attached hydrogens (primary N) is 1. The minimum Gasteiger partial charge on any atom is -0.370 e. The van der Waals surface area contributed by atoms with Gasteiger partial charge in [0.25, 0.3) is 0 Å². The number of hydrogen-bond acceptors (Lipinski definition) is 2. The Balaban J connectivity index is 2.08. The lowest BCUT2D eigenvalue weighted by molar-refractivity contribution is -0.118. The van der Waals surface area contributed by atoms with Crippen LogP contribution in [0.2, 0.25) is 0 Å². The summed E-state index contributed by atoms with van der Waals surface area (Å²) in [6.45, 7) is 2.30. The summed E-state index contributed by atoms with van der Waals surface area (Å²) < 4.78 is 0. The van der Waals surface area contributed by atoms with Gasteiger partial charge in [-0.1, -0.05) is 0 Å².